The summed E-state index contributed by atoms with van der Waals surface area (Å²) in [6.07, 6.45) is 7.01. The molecular formula is C22H19ClN4O2S. The molecule has 0 spiro atoms. The Bertz CT molecular complexity index is 1180. The smallest absolute Gasteiger partial charge is 0.251 e. The Morgan fingerprint density at radius 1 is 1.10 bits per heavy atom. The number of hydrogen-bond donors (Lipinski definition) is 1. The number of nitrogens with one attached hydrogen (secondary N) is 1. The summed E-state index contributed by atoms with van der Waals surface area (Å²) in [5.41, 5.74) is 2.88. The third-order valence-corrected chi connectivity index (χ3v) is 6.48. The molecule has 0 saturated heterocycles. The van der Waals surface area contributed by atoms with Crippen molar-refractivity contribution in [1.29, 1.82) is 0 Å². The molecule has 0 bridgehead atoms. The molecule has 8 heteroatoms. The van der Waals surface area contributed by atoms with Crippen LogP contribution in [0.25, 0.3) is 21.8 Å². The van der Waals surface area contributed by atoms with E-state index in [-0.39, 0.29) is 17.9 Å². The van der Waals surface area contributed by atoms with Gasteiger partial charge in [-0.25, -0.2) is 9.97 Å². The van der Waals surface area contributed by atoms with Crippen molar-refractivity contribution < 1.29 is 9.21 Å². The lowest BCUT2D eigenvalue weighted by Crippen LogP contribution is -2.37. The van der Waals surface area contributed by atoms with E-state index in [0.29, 0.717) is 10.6 Å². The van der Waals surface area contributed by atoms with E-state index in [2.05, 4.69) is 20.3 Å². The van der Waals surface area contributed by atoms with E-state index in [0.717, 1.165) is 53.4 Å². The first kappa shape index (κ1) is 19.2. The van der Waals surface area contributed by atoms with Gasteiger partial charge >= 0.3 is 0 Å². The predicted octanol–water partition coefficient (Wildman–Crippen LogP) is 5.46. The van der Waals surface area contributed by atoms with E-state index in [1.807, 2.05) is 23.6 Å². The highest BCUT2D eigenvalue weighted by Crippen LogP contribution is 2.34. The number of carbonyl (C=O) groups is 1. The topological polar surface area (TPSA) is 80.9 Å². The number of halogens is 1. The minimum absolute atomic E-state index is 0.0739. The molecule has 3 heterocycles. The first-order valence-electron chi connectivity index (χ1n) is 9.88. The zero-order valence-electron chi connectivity index (χ0n) is 16.0. The second-order valence-electron chi connectivity index (χ2n) is 7.45. The van der Waals surface area contributed by atoms with E-state index in [9.17, 15) is 4.79 Å². The molecule has 4 aromatic rings. The number of hydrogen-bond acceptors (Lipinski definition) is 6. The summed E-state index contributed by atoms with van der Waals surface area (Å²) < 4.78 is 5.93. The molecule has 152 valence electrons. The first-order valence-corrected chi connectivity index (χ1v) is 11.1. The Kier molecular flexibility index (Phi) is 5.23. The van der Waals surface area contributed by atoms with E-state index in [1.165, 1.54) is 11.3 Å². The van der Waals surface area contributed by atoms with Crippen LogP contribution in [-0.4, -0.2) is 26.9 Å². The summed E-state index contributed by atoms with van der Waals surface area (Å²) in [6.45, 7) is 0. The van der Waals surface area contributed by atoms with Crippen LogP contribution in [0.4, 0.5) is 0 Å². The Morgan fingerprint density at radius 3 is 2.77 bits per heavy atom. The van der Waals surface area contributed by atoms with E-state index in [1.54, 1.807) is 24.5 Å². The fraction of sp³-hybridized carbons (Fsp3) is 0.273. The second-order valence-corrected chi connectivity index (χ2v) is 8.78. The van der Waals surface area contributed by atoms with Crippen molar-refractivity contribution in [2.75, 3.05) is 0 Å². The quantitative estimate of drug-likeness (QED) is 0.457. The molecule has 0 radical (unpaired) electrons. The normalized spacial score (nSPS) is 19.1. The minimum atomic E-state index is -0.0739. The zero-order chi connectivity index (χ0) is 20.5. The number of oxazole rings is 1. The van der Waals surface area contributed by atoms with Crippen molar-refractivity contribution in [3.05, 3.63) is 64.6 Å². The molecule has 1 amide bonds. The molecule has 0 unspecified atom stereocenters. The molecule has 1 aromatic carbocycles. The van der Waals surface area contributed by atoms with Crippen molar-refractivity contribution >= 4 is 39.9 Å². The summed E-state index contributed by atoms with van der Waals surface area (Å²) in [4.78, 5) is 25.9. The standard InChI is InChI=1S/C22H19ClN4O2S/c23-15-3-6-19-17(12-15)27-21(29-19)13-1-4-16(5-2-13)26-20(28)14-7-8-24-18(11-14)22-25-9-10-30-22/h3,6-13,16H,1-2,4-5H2,(H,26,28). The van der Waals surface area contributed by atoms with Gasteiger partial charge in [-0.1, -0.05) is 11.6 Å². The monoisotopic (exact) mass is 438 g/mol. The zero-order valence-corrected chi connectivity index (χ0v) is 17.6. The number of fused-ring (bicyclic) bond motifs is 1. The summed E-state index contributed by atoms with van der Waals surface area (Å²) >= 11 is 7.55. The Morgan fingerprint density at radius 2 is 1.97 bits per heavy atom. The third-order valence-electron chi connectivity index (χ3n) is 5.45. The van der Waals surface area contributed by atoms with Gasteiger partial charge in [-0.05, 0) is 56.0 Å². The van der Waals surface area contributed by atoms with Crippen LogP contribution < -0.4 is 5.32 Å². The second kappa shape index (κ2) is 8.16. The summed E-state index contributed by atoms with van der Waals surface area (Å²) in [7, 11) is 0. The van der Waals surface area contributed by atoms with Gasteiger partial charge in [-0.3, -0.25) is 9.78 Å². The van der Waals surface area contributed by atoms with Gasteiger partial charge in [0.2, 0.25) is 0 Å². The van der Waals surface area contributed by atoms with Crippen molar-refractivity contribution in [2.45, 2.75) is 37.6 Å². The minimum Gasteiger partial charge on any atom is -0.440 e. The maximum Gasteiger partial charge on any atom is 0.251 e. The van der Waals surface area contributed by atoms with Crippen LogP contribution in [0.5, 0.6) is 0 Å². The molecule has 0 atom stereocenters. The molecule has 1 fully saturated rings. The molecule has 1 aliphatic rings. The van der Waals surface area contributed by atoms with Gasteiger partial charge in [0, 0.05) is 40.3 Å². The maximum absolute atomic E-state index is 12.7. The van der Waals surface area contributed by atoms with E-state index >= 15 is 0 Å². The lowest BCUT2D eigenvalue weighted by Gasteiger charge is -2.27. The molecule has 1 saturated carbocycles. The third kappa shape index (κ3) is 3.95. The molecular weight excluding hydrogens is 420 g/mol. The van der Waals surface area contributed by atoms with Gasteiger partial charge < -0.3 is 9.73 Å². The SMILES string of the molecule is O=C(NC1CCC(c2nc3cc(Cl)ccc3o2)CC1)c1ccnc(-c2nccs2)c1. The number of carbonyl (C=O) groups excluding carboxylic acids is 1. The Hall–Kier alpha value is -2.77. The summed E-state index contributed by atoms with van der Waals surface area (Å²) in [6, 6.07) is 9.16. The van der Waals surface area contributed by atoms with Crippen LogP contribution in [0.3, 0.4) is 0 Å². The lowest BCUT2D eigenvalue weighted by molar-refractivity contribution is 0.0925. The van der Waals surface area contributed by atoms with Crippen LogP contribution in [-0.2, 0) is 0 Å². The number of aromatic nitrogens is 3. The average Bonchev–Trinajstić information content (AvgIpc) is 3.44. The van der Waals surface area contributed by atoms with Crippen molar-refractivity contribution in [3.63, 3.8) is 0 Å². The summed E-state index contributed by atoms with van der Waals surface area (Å²) in [5.74, 6) is 0.955. The Balaban J connectivity index is 1.22. The predicted molar refractivity (Wildman–Crippen MR) is 117 cm³/mol. The van der Waals surface area contributed by atoms with Crippen molar-refractivity contribution in [2.24, 2.45) is 0 Å². The van der Waals surface area contributed by atoms with Crippen molar-refractivity contribution in [1.82, 2.24) is 20.3 Å². The largest absolute Gasteiger partial charge is 0.440 e. The molecule has 1 aliphatic carbocycles. The van der Waals surface area contributed by atoms with E-state index in [4.69, 9.17) is 16.0 Å². The van der Waals surface area contributed by atoms with Gasteiger partial charge in [0.15, 0.2) is 11.5 Å². The van der Waals surface area contributed by atoms with Gasteiger partial charge in [0.25, 0.3) is 5.91 Å². The lowest BCUT2D eigenvalue weighted by atomic mass is 9.86. The van der Waals surface area contributed by atoms with Crippen LogP contribution >= 0.6 is 22.9 Å². The van der Waals surface area contributed by atoms with Crippen LogP contribution in [0, 0.1) is 0 Å². The van der Waals surface area contributed by atoms with Gasteiger partial charge in [0.05, 0.1) is 5.69 Å². The number of thiazole rings is 1. The first-order chi connectivity index (χ1) is 14.7. The van der Waals surface area contributed by atoms with Crippen LogP contribution in [0.1, 0.15) is 47.8 Å². The maximum atomic E-state index is 12.7. The molecule has 6 nitrogen and oxygen atoms in total. The number of amides is 1. The van der Waals surface area contributed by atoms with Gasteiger partial charge in [-0.15, -0.1) is 11.3 Å². The number of benzene rings is 1. The average molecular weight is 439 g/mol. The highest BCUT2D eigenvalue weighted by Gasteiger charge is 2.27. The number of rotatable bonds is 4. The molecule has 5 rings (SSSR count). The van der Waals surface area contributed by atoms with Gasteiger partial charge in [-0.2, -0.15) is 0 Å². The highest BCUT2D eigenvalue weighted by molar-refractivity contribution is 7.13. The molecule has 0 aliphatic heterocycles. The number of pyridine rings is 1. The fourth-order valence-electron chi connectivity index (χ4n) is 3.89. The Labute approximate surface area is 182 Å². The molecule has 30 heavy (non-hydrogen) atoms. The van der Waals surface area contributed by atoms with Crippen molar-refractivity contribution in [3.8, 4) is 10.7 Å². The number of nitrogens with zero attached hydrogens (tertiary/aromatic N) is 3. The van der Waals surface area contributed by atoms with Crippen LogP contribution in [0.2, 0.25) is 5.02 Å². The fourth-order valence-corrected chi connectivity index (χ4v) is 4.66. The van der Waals surface area contributed by atoms with Crippen LogP contribution in [0.15, 0.2) is 52.5 Å². The molecule has 1 N–H and O–H groups in total. The highest BCUT2D eigenvalue weighted by atomic mass is 35.5. The molecule has 3 aromatic heterocycles. The van der Waals surface area contributed by atoms with E-state index < -0.39 is 0 Å². The summed E-state index contributed by atoms with van der Waals surface area (Å²) in [5, 5.41) is 6.52. The van der Waals surface area contributed by atoms with Gasteiger partial charge in [0.1, 0.15) is 10.5 Å².